The maximum absolute atomic E-state index is 14.9. The lowest BCUT2D eigenvalue weighted by molar-refractivity contribution is -0.270. The Hall–Kier alpha value is -1.77. The number of ether oxygens (including phenoxy) is 3. The predicted octanol–water partition coefficient (Wildman–Crippen LogP) is 7.05. The molecule has 0 radical (unpaired) electrons. The van der Waals surface area contributed by atoms with Gasteiger partial charge in [-0.25, -0.2) is 0 Å². The summed E-state index contributed by atoms with van der Waals surface area (Å²) in [4.78, 5) is 43.2. The van der Waals surface area contributed by atoms with Gasteiger partial charge in [-0.15, -0.1) is 0 Å². The monoisotopic (exact) mass is 671 g/mol. The molecule has 5 rings (SSSR count). The van der Waals surface area contributed by atoms with E-state index in [1.54, 1.807) is 0 Å². The second-order valence-corrected chi connectivity index (χ2v) is 18.7. The summed E-state index contributed by atoms with van der Waals surface area (Å²) < 4.78 is 19.7. The fourth-order valence-electron chi connectivity index (χ4n) is 12.0. The van der Waals surface area contributed by atoms with E-state index >= 15 is 0 Å². The molecule has 4 aliphatic carbocycles. The highest BCUT2D eigenvalue weighted by molar-refractivity contribution is 6.00. The first-order chi connectivity index (χ1) is 22.1. The fourth-order valence-corrected chi connectivity index (χ4v) is 12.0. The van der Waals surface area contributed by atoms with Crippen molar-refractivity contribution in [1.29, 1.82) is 0 Å². The zero-order chi connectivity index (χ0) is 36.0. The number of rotatable bonds is 9. The summed E-state index contributed by atoms with van der Waals surface area (Å²) in [5.41, 5.74) is -2.15. The van der Waals surface area contributed by atoms with Crippen molar-refractivity contribution in [2.24, 2.45) is 62.6 Å². The van der Waals surface area contributed by atoms with Crippen molar-refractivity contribution >= 4 is 17.7 Å². The molecule has 1 aliphatic heterocycles. The normalized spacial score (nSPS) is 44.3. The van der Waals surface area contributed by atoms with Gasteiger partial charge in [0, 0.05) is 28.7 Å². The van der Waals surface area contributed by atoms with Crippen molar-refractivity contribution in [3.05, 3.63) is 11.6 Å². The van der Waals surface area contributed by atoms with Crippen LogP contribution in [0.4, 0.5) is 0 Å². The van der Waals surface area contributed by atoms with Crippen LogP contribution < -0.4 is 0 Å². The molecular weight excluding hydrogens is 606 g/mol. The summed E-state index contributed by atoms with van der Waals surface area (Å²) >= 11 is 0. The summed E-state index contributed by atoms with van der Waals surface area (Å²) in [6.45, 7) is 24.6. The second-order valence-electron chi connectivity index (χ2n) is 18.7. The van der Waals surface area contributed by atoms with Gasteiger partial charge in [-0.2, -0.15) is 0 Å². The SMILES string of the molecule is CC(=O)O[C@@H]1C[C@@]23COC[C@](C)([C@@H]2CC[C@H]2C3=CC(=O)[C@@]3(C)[C@H](C(=O)O)[C@@](C)([C@H](C)C(C)C)CC[C@]23C)[C@H]1OC[C@](C)(C(C)C)N(C)C. The molecule has 8 heteroatoms. The number of carbonyl (C=O) groups excluding carboxylic acids is 2. The standard InChI is InChI=1S/C40H65NO7/c1-23(2)25(5)35(7)16-17-37(9)27-14-15-30-36(8)20-46-22-40(30,28(27)18-31(43)39(37,11)32(35)34(44)45)19-29(48-26(6)42)33(36)47-21-38(10,24(3)4)41(12)13/h18,23-25,27,29-30,32-33H,14-17,19-22H2,1-13H3,(H,44,45)/t25-,27+,29-,30+,32-,33+,35-,36-,37-,38-,39+,40+/m1/s1. The van der Waals surface area contributed by atoms with Gasteiger partial charge in [0.2, 0.25) is 0 Å². The molecule has 3 saturated carbocycles. The molecule has 272 valence electrons. The van der Waals surface area contributed by atoms with Crippen LogP contribution in [-0.2, 0) is 28.6 Å². The van der Waals surface area contributed by atoms with Crippen LogP contribution in [-0.4, -0.2) is 79.4 Å². The van der Waals surface area contributed by atoms with E-state index in [1.807, 2.05) is 13.0 Å². The molecule has 0 aromatic carbocycles. The number of hydrogen-bond acceptors (Lipinski definition) is 7. The average Bonchev–Trinajstić information content (AvgIpc) is 2.97. The van der Waals surface area contributed by atoms with Crippen molar-refractivity contribution in [2.45, 2.75) is 126 Å². The van der Waals surface area contributed by atoms with E-state index in [0.717, 1.165) is 31.3 Å². The van der Waals surface area contributed by atoms with Crippen LogP contribution in [0.25, 0.3) is 0 Å². The summed E-state index contributed by atoms with van der Waals surface area (Å²) in [5.74, 6) is -1.06. The van der Waals surface area contributed by atoms with Crippen molar-refractivity contribution in [2.75, 3.05) is 33.9 Å². The van der Waals surface area contributed by atoms with Crippen LogP contribution in [0.2, 0.25) is 0 Å². The van der Waals surface area contributed by atoms with Crippen molar-refractivity contribution < 1.29 is 33.7 Å². The number of carboxylic acid groups (broad SMARTS) is 1. The van der Waals surface area contributed by atoms with Crippen LogP contribution in [0.5, 0.6) is 0 Å². The number of fused-ring (bicyclic) bond motifs is 3. The molecule has 1 saturated heterocycles. The highest BCUT2D eigenvalue weighted by Crippen LogP contribution is 2.74. The van der Waals surface area contributed by atoms with Crippen LogP contribution in [0.3, 0.4) is 0 Å². The quantitative estimate of drug-likeness (QED) is 0.260. The van der Waals surface area contributed by atoms with E-state index in [2.05, 4.69) is 81.3 Å². The zero-order valence-corrected chi connectivity index (χ0v) is 32.2. The number of esters is 1. The Morgan fingerprint density at radius 2 is 1.71 bits per heavy atom. The molecular formula is C40H65NO7. The molecule has 1 heterocycles. The summed E-state index contributed by atoms with van der Waals surface area (Å²) in [6.07, 6.45) is 4.93. The molecule has 0 amide bonds. The molecule has 12 atom stereocenters. The third-order valence-corrected chi connectivity index (χ3v) is 16.1. The number of ketones is 1. The zero-order valence-electron chi connectivity index (χ0n) is 32.2. The van der Waals surface area contributed by atoms with Gasteiger partial charge in [-0.05, 0) is 99.6 Å². The van der Waals surface area contributed by atoms with Gasteiger partial charge in [-0.1, -0.05) is 67.9 Å². The van der Waals surface area contributed by atoms with E-state index in [4.69, 9.17) is 14.2 Å². The van der Waals surface area contributed by atoms with Crippen molar-refractivity contribution in [3.63, 3.8) is 0 Å². The van der Waals surface area contributed by atoms with Gasteiger partial charge in [0.15, 0.2) is 5.78 Å². The Balaban J connectivity index is 1.61. The lowest BCUT2D eigenvalue weighted by Gasteiger charge is -2.70. The van der Waals surface area contributed by atoms with Crippen LogP contribution in [0.1, 0.15) is 108 Å². The number of carbonyl (C=O) groups is 3. The van der Waals surface area contributed by atoms with Crippen molar-refractivity contribution in [3.8, 4) is 0 Å². The molecule has 2 bridgehead atoms. The molecule has 0 spiro atoms. The Labute approximate surface area is 290 Å². The number of nitrogens with zero attached hydrogens (tertiary/aromatic N) is 1. The van der Waals surface area contributed by atoms with Crippen LogP contribution >= 0.6 is 0 Å². The number of hydrogen-bond donors (Lipinski definition) is 1. The topological polar surface area (TPSA) is 102 Å². The smallest absolute Gasteiger partial charge is 0.308 e. The Bertz CT molecular complexity index is 1330. The molecule has 0 aromatic rings. The summed E-state index contributed by atoms with van der Waals surface area (Å²) in [6, 6.07) is 0. The maximum atomic E-state index is 14.9. The minimum absolute atomic E-state index is 0.0385. The lowest BCUT2D eigenvalue weighted by Crippen LogP contribution is -2.71. The molecule has 0 aromatic heterocycles. The molecule has 48 heavy (non-hydrogen) atoms. The predicted molar refractivity (Wildman–Crippen MR) is 186 cm³/mol. The molecule has 1 N–H and O–H groups in total. The number of aliphatic carboxylic acids is 1. The first-order valence-electron chi connectivity index (χ1n) is 18.6. The molecule has 8 nitrogen and oxygen atoms in total. The highest BCUT2D eigenvalue weighted by atomic mass is 16.6. The Morgan fingerprint density at radius 1 is 1.06 bits per heavy atom. The summed E-state index contributed by atoms with van der Waals surface area (Å²) in [5, 5.41) is 11.0. The number of likely N-dealkylation sites (N-methyl/N-ethyl adjacent to an activating group) is 1. The molecule has 4 fully saturated rings. The van der Waals surface area contributed by atoms with Crippen molar-refractivity contribution in [1.82, 2.24) is 4.90 Å². The second kappa shape index (κ2) is 12.2. The first-order valence-corrected chi connectivity index (χ1v) is 18.6. The van der Waals surface area contributed by atoms with Crippen LogP contribution in [0, 0.1) is 62.6 Å². The Kier molecular flexibility index (Phi) is 9.51. The third kappa shape index (κ3) is 5.03. The van der Waals surface area contributed by atoms with E-state index in [-0.39, 0.29) is 41.1 Å². The fraction of sp³-hybridized carbons (Fsp3) is 0.875. The molecule has 0 unspecified atom stereocenters. The van der Waals surface area contributed by atoms with Gasteiger partial charge in [0.05, 0.1) is 25.7 Å². The van der Waals surface area contributed by atoms with Gasteiger partial charge in [0.1, 0.15) is 12.2 Å². The van der Waals surface area contributed by atoms with Gasteiger partial charge >= 0.3 is 11.9 Å². The minimum atomic E-state index is -1.05. The van der Waals surface area contributed by atoms with Crippen LogP contribution in [0.15, 0.2) is 11.6 Å². The first kappa shape index (κ1) is 37.5. The Morgan fingerprint density at radius 3 is 2.25 bits per heavy atom. The lowest BCUT2D eigenvalue weighted by atomic mass is 9.34. The van der Waals surface area contributed by atoms with E-state index in [0.29, 0.717) is 38.1 Å². The maximum Gasteiger partial charge on any atom is 0.308 e. The average molecular weight is 672 g/mol. The van der Waals surface area contributed by atoms with Gasteiger partial charge in [0.25, 0.3) is 0 Å². The minimum Gasteiger partial charge on any atom is -0.481 e. The highest BCUT2D eigenvalue weighted by Gasteiger charge is 2.74. The van der Waals surface area contributed by atoms with E-state index in [9.17, 15) is 19.5 Å². The molecule has 5 aliphatic rings. The number of allylic oxidation sites excluding steroid dienone is 1. The van der Waals surface area contributed by atoms with Gasteiger partial charge in [-0.3, -0.25) is 14.4 Å². The third-order valence-electron chi connectivity index (χ3n) is 16.1. The number of carboxylic acids is 1. The van der Waals surface area contributed by atoms with E-state index < -0.39 is 45.1 Å². The van der Waals surface area contributed by atoms with E-state index in [1.165, 1.54) is 6.92 Å². The van der Waals surface area contributed by atoms with Gasteiger partial charge < -0.3 is 24.2 Å². The largest absolute Gasteiger partial charge is 0.481 e. The summed E-state index contributed by atoms with van der Waals surface area (Å²) in [7, 11) is 4.16.